The number of hydrogen-bond acceptors (Lipinski definition) is 4. The smallest absolute Gasteiger partial charge is 0.321 e. The fourth-order valence-corrected chi connectivity index (χ4v) is 4.04. The van der Waals surface area contributed by atoms with Gasteiger partial charge in [-0.25, -0.2) is 0 Å². The predicted molar refractivity (Wildman–Crippen MR) is 140 cm³/mol. The lowest BCUT2D eigenvalue weighted by Gasteiger charge is -2.25. The number of aliphatic carboxylic acids is 2. The third-order valence-electron chi connectivity index (χ3n) is 6.17. The Hall–Kier alpha value is -4.58. The van der Waals surface area contributed by atoms with Crippen molar-refractivity contribution in [3.8, 4) is 11.5 Å². The Balaban J connectivity index is 1.43. The Morgan fingerprint density at radius 1 is 0.514 bits per heavy atom. The maximum absolute atomic E-state index is 12.3. The highest BCUT2D eigenvalue weighted by molar-refractivity contribution is 5.99. The van der Waals surface area contributed by atoms with E-state index in [1.165, 1.54) is 0 Å². The molecule has 6 nitrogen and oxygen atoms in total. The molecule has 6 heteroatoms. The lowest BCUT2D eigenvalue weighted by atomic mass is 9.76. The normalized spacial score (nSPS) is 11.0. The Kier molecular flexibility index (Phi) is 8.21. The fourth-order valence-electron chi connectivity index (χ4n) is 4.04. The molecule has 4 aromatic carbocycles. The molecule has 0 heterocycles. The lowest BCUT2D eigenvalue weighted by molar-refractivity contribution is -0.164. The van der Waals surface area contributed by atoms with E-state index in [0.29, 0.717) is 35.8 Å². The van der Waals surface area contributed by atoms with Crippen LogP contribution in [0, 0.1) is 5.41 Å². The monoisotopic (exact) mass is 496 g/mol. The molecule has 0 atom stereocenters. The molecule has 4 rings (SSSR count). The van der Waals surface area contributed by atoms with Gasteiger partial charge in [0.05, 0.1) is 0 Å². The van der Waals surface area contributed by atoms with E-state index in [1.54, 1.807) is 48.5 Å². The second kappa shape index (κ2) is 11.9. The SMILES string of the molecule is O=C(O)C(Cc1ccc(OCc2ccccc2)cc1)(Cc1ccc(OCc2ccccc2)cc1)C(=O)O. The van der Waals surface area contributed by atoms with E-state index >= 15 is 0 Å². The van der Waals surface area contributed by atoms with Crippen molar-refractivity contribution in [2.45, 2.75) is 26.1 Å². The number of ether oxygens (including phenoxy) is 2. The lowest BCUT2D eigenvalue weighted by Crippen LogP contribution is -2.43. The first-order chi connectivity index (χ1) is 17.9. The molecule has 0 saturated heterocycles. The zero-order valence-corrected chi connectivity index (χ0v) is 20.2. The van der Waals surface area contributed by atoms with Crippen molar-refractivity contribution in [1.82, 2.24) is 0 Å². The number of hydrogen-bond donors (Lipinski definition) is 2. The van der Waals surface area contributed by atoms with Crippen LogP contribution in [0.5, 0.6) is 11.5 Å². The Morgan fingerprint density at radius 2 is 0.865 bits per heavy atom. The molecule has 0 saturated carbocycles. The van der Waals surface area contributed by atoms with Crippen LogP contribution >= 0.6 is 0 Å². The van der Waals surface area contributed by atoms with Gasteiger partial charge < -0.3 is 19.7 Å². The van der Waals surface area contributed by atoms with E-state index in [4.69, 9.17) is 9.47 Å². The molecule has 0 fully saturated rings. The molecule has 0 bridgehead atoms. The van der Waals surface area contributed by atoms with Crippen molar-refractivity contribution in [2.24, 2.45) is 5.41 Å². The average molecular weight is 497 g/mol. The van der Waals surface area contributed by atoms with Gasteiger partial charge in [0.2, 0.25) is 0 Å². The highest BCUT2D eigenvalue weighted by Crippen LogP contribution is 2.31. The summed E-state index contributed by atoms with van der Waals surface area (Å²) in [6.07, 6.45) is -0.328. The van der Waals surface area contributed by atoms with Crippen molar-refractivity contribution in [3.05, 3.63) is 131 Å². The number of benzene rings is 4. The van der Waals surface area contributed by atoms with Crippen LogP contribution in [0.25, 0.3) is 0 Å². The van der Waals surface area contributed by atoms with E-state index < -0.39 is 17.4 Å². The summed E-state index contributed by atoms with van der Waals surface area (Å²) in [6.45, 7) is 0.804. The minimum atomic E-state index is -2.02. The van der Waals surface area contributed by atoms with Crippen LogP contribution in [-0.4, -0.2) is 22.2 Å². The van der Waals surface area contributed by atoms with Crippen molar-refractivity contribution in [2.75, 3.05) is 0 Å². The zero-order valence-electron chi connectivity index (χ0n) is 20.2. The van der Waals surface area contributed by atoms with Crippen molar-refractivity contribution < 1.29 is 29.3 Å². The Morgan fingerprint density at radius 3 is 1.19 bits per heavy atom. The van der Waals surface area contributed by atoms with Crippen molar-refractivity contribution in [1.29, 1.82) is 0 Å². The van der Waals surface area contributed by atoms with E-state index in [9.17, 15) is 19.8 Å². The van der Waals surface area contributed by atoms with E-state index in [1.807, 2.05) is 60.7 Å². The molecule has 37 heavy (non-hydrogen) atoms. The van der Waals surface area contributed by atoms with Gasteiger partial charge in [-0.05, 0) is 59.4 Å². The summed E-state index contributed by atoms with van der Waals surface area (Å²) < 4.78 is 11.6. The van der Waals surface area contributed by atoms with Gasteiger partial charge in [0.25, 0.3) is 0 Å². The van der Waals surface area contributed by atoms with Crippen LogP contribution in [0.15, 0.2) is 109 Å². The first-order valence-electron chi connectivity index (χ1n) is 11.9. The van der Waals surface area contributed by atoms with Gasteiger partial charge in [0.1, 0.15) is 24.7 Å². The number of rotatable bonds is 12. The van der Waals surface area contributed by atoms with Crippen LogP contribution in [0.2, 0.25) is 0 Å². The summed E-state index contributed by atoms with van der Waals surface area (Å²) in [5, 5.41) is 20.0. The van der Waals surface area contributed by atoms with Crippen LogP contribution in [-0.2, 0) is 35.6 Å². The quantitative estimate of drug-likeness (QED) is 0.241. The predicted octanol–water partition coefficient (Wildman–Crippen LogP) is 5.79. The Bertz CT molecular complexity index is 1190. The molecular weight excluding hydrogens is 468 g/mol. The summed E-state index contributed by atoms with van der Waals surface area (Å²) in [5.41, 5.74) is 1.23. The number of carboxylic acids is 2. The van der Waals surface area contributed by atoms with E-state index in [2.05, 4.69) is 0 Å². The van der Waals surface area contributed by atoms with Gasteiger partial charge in [0, 0.05) is 0 Å². The van der Waals surface area contributed by atoms with Crippen LogP contribution in [0.3, 0.4) is 0 Å². The van der Waals surface area contributed by atoms with Crippen LogP contribution in [0.4, 0.5) is 0 Å². The first-order valence-corrected chi connectivity index (χ1v) is 11.9. The largest absolute Gasteiger partial charge is 0.489 e. The second-order valence-electron chi connectivity index (χ2n) is 8.88. The van der Waals surface area contributed by atoms with Crippen LogP contribution in [0.1, 0.15) is 22.3 Å². The molecule has 0 unspecified atom stereocenters. The maximum atomic E-state index is 12.3. The topological polar surface area (TPSA) is 93.1 Å². The van der Waals surface area contributed by atoms with Crippen molar-refractivity contribution >= 4 is 11.9 Å². The minimum absolute atomic E-state index is 0.164. The van der Waals surface area contributed by atoms with Gasteiger partial charge in [-0.2, -0.15) is 0 Å². The third kappa shape index (κ3) is 6.76. The molecule has 0 spiro atoms. The number of carbonyl (C=O) groups is 2. The maximum Gasteiger partial charge on any atom is 0.321 e. The molecule has 0 radical (unpaired) electrons. The summed E-state index contributed by atoms with van der Waals surface area (Å²) >= 11 is 0. The first kappa shape index (κ1) is 25.5. The van der Waals surface area contributed by atoms with E-state index in [-0.39, 0.29) is 12.8 Å². The summed E-state index contributed by atoms with van der Waals surface area (Å²) in [4.78, 5) is 24.6. The van der Waals surface area contributed by atoms with Crippen molar-refractivity contribution in [3.63, 3.8) is 0 Å². The second-order valence-corrected chi connectivity index (χ2v) is 8.88. The molecule has 188 valence electrons. The molecule has 0 aliphatic rings. The van der Waals surface area contributed by atoms with Gasteiger partial charge >= 0.3 is 11.9 Å². The average Bonchev–Trinajstić information content (AvgIpc) is 2.93. The minimum Gasteiger partial charge on any atom is -0.489 e. The highest BCUT2D eigenvalue weighted by Gasteiger charge is 2.46. The summed E-state index contributed by atoms with van der Waals surface area (Å²) in [5.74, 6) is -1.52. The Labute approximate surface area is 215 Å². The van der Waals surface area contributed by atoms with Gasteiger partial charge in [-0.15, -0.1) is 0 Å². The molecule has 0 aliphatic carbocycles. The standard InChI is InChI=1S/C31H28O6/c32-29(33)31(30(34)35,19-23-11-15-27(16-12-23)36-21-25-7-3-1-4-8-25)20-24-13-17-28(18-14-24)37-22-26-9-5-2-6-10-26/h1-18H,19-22H2,(H,32,33)(H,34,35). The molecular formula is C31H28O6. The highest BCUT2D eigenvalue weighted by atomic mass is 16.5. The molecule has 0 amide bonds. The summed E-state index contributed by atoms with van der Waals surface area (Å²) in [6, 6.07) is 33.2. The zero-order chi connectivity index (χ0) is 26.1. The molecule has 4 aromatic rings. The molecule has 0 aliphatic heterocycles. The molecule has 0 aromatic heterocycles. The third-order valence-corrected chi connectivity index (χ3v) is 6.17. The van der Waals surface area contributed by atoms with Crippen LogP contribution < -0.4 is 9.47 Å². The van der Waals surface area contributed by atoms with Gasteiger partial charge in [-0.3, -0.25) is 9.59 Å². The molecule has 2 N–H and O–H groups in total. The summed E-state index contributed by atoms with van der Waals surface area (Å²) in [7, 11) is 0. The van der Waals surface area contributed by atoms with Gasteiger partial charge in [-0.1, -0.05) is 84.9 Å². The number of carboxylic acid groups (broad SMARTS) is 2. The fraction of sp³-hybridized carbons (Fsp3) is 0.161. The van der Waals surface area contributed by atoms with E-state index in [0.717, 1.165) is 11.1 Å². The van der Waals surface area contributed by atoms with Gasteiger partial charge in [0.15, 0.2) is 5.41 Å².